The van der Waals surface area contributed by atoms with Crippen molar-refractivity contribution >= 4 is 11.9 Å². The standard InChI is InChI=1S/C5H13N5O/c1-4(11)10-5(7-2)8-3-9-6/h9H,3,6H2,1-2H3,(H2,7,8,10,11). The molecule has 0 aromatic rings. The number of nitrogens with zero attached hydrogens (tertiary/aromatic N) is 1. The van der Waals surface area contributed by atoms with Gasteiger partial charge in [-0.25, -0.2) is 5.43 Å². The van der Waals surface area contributed by atoms with E-state index in [1.807, 2.05) is 0 Å². The van der Waals surface area contributed by atoms with Crippen LogP contribution in [0.25, 0.3) is 0 Å². The van der Waals surface area contributed by atoms with Crippen LogP contribution in [-0.2, 0) is 4.79 Å². The van der Waals surface area contributed by atoms with Crippen molar-refractivity contribution in [2.45, 2.75) is 6.92 Å². The van der Waals surface area contributed by atoms with E-state index in [9.17, 15) is 4.79 Å². The summed E-state index contributed by atoms with van der Waals surface area (Å²) in [6.07, 6.45) is 0. The quantitative estimate of drug-likeness (QED) is 0.125. The average Bonchev–Trinajstić information content (AvgIpc) is 1.97. The molecule has 0 aromatic heterocycles. The average molecular weight is 159 g/mol. The van der Waals surface area contributed by atoms with E-state index in [0.29, 0.717) is 12.6 Å². The van der Waals surface area contributed by atoms with Crippen molar-refractivity contribution in [3.63, 3.8) is 0 Å². The number of nitrogens with two attached hydrogens (primary N) is 1. The van der Waals surface area contributed by atoms with Gasteiger partial charge in [-0.15, -0.1) is 0 Å². The van der Waals surface area contributed by atoms with E-state index < -0.39 is 0 Å². The lowest BCUT2D eigenvalue weighted by Crippen LogP contribution is -2.45. The predicted octanol–water partition coefficient (Wildman–Crippen LogP) is -1.88. The van der Waals surface area contributed by atoms with E-state index in [-0.39, 0.29) is 5.91 Å². The normalized spacial score (nSPS) is 11.0. The number of hydrazine groups is 1. The van der Waals surface area contributed by atoms with Gasteiger partial charge in [0.15, 0.2) is 5.96 Å². The summed E-state index contributed by atoms with van der Waals surface area (Å²) < 4.78 is 0. The molecule has 1 amide bonds. The van der Waals surface area contributed by atoms with Gasteiger partial charge in [-0.1, -0.05) is 0 Å². The topological polar surface area (TPSA) is 91.5 Å². The van der Waals surface area contributed by atoms with Crippen molar-refractivity contribution in [3.8, 4) is 0 Å². The number of amides is 1. The monoisotopic (exact) mass is 159 g/mol. The van der Waals surface area contributed by atoms with E-state index in [2.05, 4.69) is 21.1 Å². The number of aliphatic imine (C=N–C) groups is 1. The Morgan fingerprint density at radius 1 is 1.64 bits per heavy atom. The lowest BCUT2D eigenvalue weighted by Gasteiger charge is -2.07. The number of hydrogen-bond donors (Lipinski definition) is 4. The van der Waals surface area contributed by atoms with Gasteiger partial charge >= 0.3 is 0 Å². The van der Waals surface area contributed by atoms with Crippen LogP contribution in [0.4, 0.5) is 0 Å². The molecule has 5 N–H and O–H groups in total. The maximum Gasteiger partial charge on any atom is 0.223 e. The molecule has 0 heterocycles. The third kappa shape index (κ3) is 5.31. The van der Waals surface area contributed by atoms with Crippen LogP contribution >= 0.6 is 0 Å². The van der Waals surface area contributed by atoms with E-state index in [1.165, 1.54) is 6.92 Å². The van der Waals surface area contributed by atoms with Gasteiger partial charge in [-0.2, -0.15) is 0 Å². The molecule has 0 aliphatic carbocycles. The summed E-state index contributed by atoms with van der Waals surface area (Å²) in [6.45, 7) is 1.76. The number of carbonyl (C=O) groups excluding carboxylic acids is 1. The fourth-order valence-electron chi connectivity index (χ4n) is 0.481. The molecule has 0 saturated carbocycles. The van der Waals surface area contributed by atoms with Crippen LogP contribution in [0.15, 0.2) is 4.99 Å². The summed E-state index contributed by atoms with van der Waals surface area (Å²) >= 11 is 0. The Labute approximate surface area is 65.2 Å². The molecule has 0 fully saturated rings. The summed E-state index contributed by atoms with van der Waals surface area (Å²) in [4.78, 5) is 14.2. The van der Waals surface area contributed by atoms with Crippen LogP contribution in [0, 0.1) is 0 Å². The summed E-state index contributed by atoms with van der Waals surface area (Å²) in [5.41, 5.74) is 2.36. The van der Waals surface area contributed by atoms with Crippen LogP contribution in [0.3, 0.4) is 0 Å². The predicted molar refractivity (Wildman–Crippen MR) is 42.5 cm³/mol. The van der Waals surface area contributed by atoms with Crippen LogP contribution in [-0.4, -0.2) is 25.6 Å². The molecule has 0 aliphatic heterocycles. The first kappa shape index (κ1) is 9.86. The highest BCUT2D eigenvalue weighted by Gasteiger charge is 1.96. The molecule has 6 nitrogen and oxygen atoms in total. The largest absolute Gasteiger partial charge is 0.342 e. The zero-order valence-corrected chi connectivity index (χ0v) is 6.64. The third-order valence-electron chi connectivity index (χ3n) is 0.876. The SMILES string of the molecule is CN=C(NCNN)NC(C)=O. The first-order valence-electron chi connectivity index (χ1n) is 3.12. The Balaban J connectivity index is 3.69. The molecule has 0 saturated heterocycles. The Morgan fingerprint density at radius 2 is 2.27 bits per heavy atom. The maximum atomic E-state index is 10.5. The van der Waals surface area contributed by atoms with Gasteiger partial charge in [0.1, 0.15) is 0 Å². The van der Waals surface area contributed by atoms with Crippen molar-refractivity contribution in [1.82, 2.24) is 16.1 Å². The molecule has 0 aliphatic rings. The molecule has 0 aromatic carbocycles. The lowest BCUT2D eigenvalue weighted by molar-refractivity contribution is -0.117. The first-order valence-corrected chi connectivity index (χ1v) is 3.12. The summed E-state index contributed by atoms with van der Waals surface area (Å²) in [5, 5.41) is 5.20. The van der Waals surface area contributed by atoms with Gasteiger partial charge in [-0.05, 0) is 0 Å². The summed E-state index contributed by atoms with van der Waals surface area (Å²) in [5.74, 6) is 5.21. The van der Waals surface area contributed by atoms with Gasteiger partial charge in [0.2, 0.25) is 5.91 Å². The van der Waals surface area contributed by atoms with Crippen molar-refractivity contribution < 1.29 is 4.79 Å². The van der Waals surface area contributed by atoms with E-state index in [4.69, 9.17) is 5.84 Å². The molecule has 0 atom stereocenters. The summed E-state index contributed by atoms with van der Waals surface area (Å²) in [6, 6.07) is 0. The van der Waals surface area contributed by atoms with Crippen LogP contribution in [0.5, 0.6) is 0 Å². The number of rotatable bonds is 2. The smallest absolute Gasteiger partial charge is 0.223 e. The molecule has 0 bridgehead atoms. The highest BCUT2D eigenvalue weighted by atomic mass is 16.1. The minimum absolute atomic E-state index is 0.171. The molecule has 64 valence electrons. The van der Waals surface area contributed by atoms with Gasteiger partial charge in [-0.3, -0.25) is 20.9 Å². The van der Waals surface area contributed by atoms with Crippen LogP contribution < -0.4 is 21.9 Å². The van der Waals surface area contributed by atoms with Crippen LogP contribution in [0.2, 0.25) is 0 Å². The molecule has 0 radical (unpaired) electrons. The number of hydrogen-bond acceptors (Lipinski definition) is 4. The van der Waals surface area contributed by atoms with Crippen molar-refractivity contribution in [1.29, 1.82) is 0 Å². The molecule has 0 spiro atoms. The zero-order chi connectivity index (χ0) is 8.69. The second kappa shape index (κ2) is 5.63. The van der Waals surface area contributed by atoms with Gasteiger partial charge in [0.05, 0.1) is 6.67 Å². The van der Waals surface area contributed by atoms with Gasteiger partial charge < -0.3 is 5.32 Å². The van der Waals surface area contributed by atoms with Gasteiger partial charge in [0.25, 0.3) is 0 Å². The Bertz CT molecular complexity index is 155. The Hall–Kier alpha value is -1.14. The van der Waals surface area contributed by atoms with Crippen molar-refractivity contribution in [2.75, 3.05) is 13.7 Å². The number of nitrogens with one attached hydrogen (secondary N) is 3. The highest BCUT2D eigenvalue weighted by molar-refractivity contribution is 5.95. The summed E-state index contributed by atoms with van der Waals surface area (Å²) in [7, 11) is 1.56. The highest BCUT2D eigenvalue weighted by Crippen LogP contribution is 1.65. The van der Waals surface area contributed by atoms with E-state index in [0.717, 1.165) is 0 Å². The Morgan fingerprint density at radius 3 is 2.64 bits per heavy atom. The molecule has 11 heavy (non-hydrogen) atoms. The van der Waals surface area contributed by atoms with Crippen LogP contribution in [0.1, 0.15) is 6.92 Å². The number of carbonyl (C=O) groups is 1. The second-order valence-electron chi connectivity index (χ2n) is 1.81. The number of guanidine groups is 1. The minimum atomic E-state index is -0.171. The first-order chi connectivity index (χ1) is 5.20. The molecule has 0 unspecified atom stereocenters. The van der Waals surface area contributed by atoms with E-state index >= 15 is 0 Å². The van der Waals surface area contributed by atoms with Crippen molar-refractivity contribution in [2.24, 2.45) is 10.8 Å². The molecular formula is C5H13N5O. The van der Waals surface area contributed by atoms with E-state index in [1.54, 1.807) is 7.05 Å². The third-order valence-corrected chi connectivity index (χ3v) is 0.876. The van der Waals surface area contributed by atoms with Crippen molar-refractivity contribution in [3.05, 3.63) is 0 Å². The lowest BCUT2D eigenvalue weighted by atomic mass is 10.7. The maximum absolute atomic E-state index is 10.5. The molecule has 6 heteroatoms. The molecular weight excluding hydrogens is 146 g/mol. The Kier molecular flexibility index (Phi) is 5.05. The second-order valence-corrected chi connectivity index (χ2v) is 1.81. The minimum Gasteiger partial charge on any atom is -0.342 e. The fraction of sp³-hybridized carbons (Fsp3) is 0.600. The zero-order valence-electron chi connectivity index (χ0n) is 6.64. The molecule has 0 rings (SSSR count). The fourth-order valence-corrected chi connectivity index (χ4v) is 0.481. The van der Waals surface area contributed by atoms with Gasteiger partial charge in [0, 0.05) is 14.0 Å².